The lowest BCUT2D eigenvalue weighted by molar-refractivity contribution is -0.137. The second kappa shape index (κ2) is 10.3. The van der Waals surface area contributed by atoms with Gasteiger partial charge in [0.15, 0.2) is 9.92 Å². The summed E-state index contributed by atoms with van der Waals surface area (Å²) in [6.07, 6.45) is 0. The molecule has 0 aromatic heterocycles. The number of carbonyl (C=O) groups is 1. The number of benzene rings is 3. The van der Waals surface area contributed by atoms with E-state index in [1.54, 1.807) is 19.2 Å². The van der Waals surface area contributed by atoms with E-state index in [0.29, 0.717) is 29.5 Å². The van der Waals surface area contributed by atoms with Crippen molar-refractivity contribution in [1.29, 1.82) is 0 Å². The molecule has 1 N–H and O–H groups in total. The number of rotatable bonds is 8. The summed E-state index contributed by atoms with van der Waals surface area (Å²) in [5, 5.41) is 1.67. The minimum atomic E-state index is -3.03. The largest absolute Gasteiger partial charge is 0.495 e. The Balaban J connectivity index is 1.84. The van der Waals surface area contributed by atoms with Crippen LogP contribution in [-0.4, -0.2) is 49.4 Å². The van der Waals surface area contributed by atoms with Crippen LogP contribution in [0.15, 0.2) is 73.2 Å². The second-order valence-electron chi connectivity index (χ2n) is 7.24. The van der Waals surface area contributed by atoms with Crippen molar-refractivity contribution in [1.82, 2.24) is 0 Å². The van der Waals surface area contributed by atoms with Crippen molar-refractivity contribution in [2.75, 3.05) is 37.9 Å². The summed E-state index contributed by atoms with van der Waals surface area (Å²) in [6.45, 7) is 0.886. The van der Waals surface area contributed by atoms with Gasteiger partial charge < -0.3 is 14.2 Å². The summed E-state index contributed by atoms with van der Waals surface area (Å²) >= 11 is 4.73. The van der Waals surface area contributed by atoms with Crippen LogP contribution in [0, 0.1) is 0 Å². The molecule has 10 heteroatoms. The quantitative estimate of drug-likeness (QED) is 0.309. The van der Waals surface area contributed by atoms with Gasteiger partial charge >= 0.3 is 5.97 Å². The van der Waals surface area contributed by atoms with Gasteiger partial charge in [-0.1, -0.05) is 40.2 Å². The molecule has 4 rings (SSSR count). The molecule has 0 radical (unpaired) electrons. The van der Waals surface area contributed by atoms with Crippen molar-refractivity contribution >= 4 is 60.0 Å². The predicted molar refractivity (Wildman–Crippen MR) is 134 cm³/mol. The average molecular weight is 551 g/mol. The number of carbonyl (C=O) groups excluding carboxylic acids is 1. The fourth-order valence-electron chi connectivity index (χ4n) is 3.33. The first-order chi connectivity index (χ1) is 15.9. The summed E-state index contributed by atoms with van der Waals surface area (Å²) < 4.78 is 38.7. The highest BCUT2D eigenvalue weighted by atomic mass is 79.9. The molecular formula is C23H23BrN2O5S2. The molecular weight excluding hydrogens is 528 g/mol. The first-order valence-electron chi connectivity index (χ1n) is 10.1. The van der Waals surface area contributed by atoms with Crippen LogP contribution in [-0.2, 0) is 24.2 Å². The van der Waals surface area contributed by atoms with E-state index in [2.05, 4.69) is 25.0 Å². The summed E-state index contributed by atoms with van der Waals surface area (Å²) in [7, 11) is -0.0840. The molecule has 0 saturated carbocycles. The lowest BCUT2D eigenvalue weighted by atomic mass is 10.1. The zero-order chi connectivity index (χ0) is 23.4. The molecule has 1 saturated heterocycles. The molecule has 1 aliphatic rings. The number of methoxy groups -OCH3 is 2. The molecule has 1 atom stereocenters. The third-order valence-electron chi connectivity index (χ3n) is 5.04. The Hall–Kier alpha value is -2.27. The molecule has 33 heavy (non-hydrogen) atoms. The van der Waals surface area contributed by atoms with Gasteiger partial charge in [0.25, 0.3) is 0 Å². The molecule has 1 aliphatic heterocycles. The first kappa shape index (κ1) is 23.9. The number of hydrogen-bond donors (Lipinski definition) is 1. The van der Waals surface area contributed by atoms with E-state index >= 15 is 0 Å². The van der Waals surface area contributed by atoms with E-state index in [0.717, 1.165) is 20.1 Å². The Morgan fingerprint density at radius 2 is 1.88 bits per heavy atom. The number of thioether (sulfide) groups is 1. The Kier molecular flexibility index (Phi) is 7.48. The van der Waals surface area contributed by atoms with E-state index in [9.17, 15) is 9.00 Å². The highest BCUT2D eigenvalue weighted by Crippen LogP contribution is 2.41. The van der Waals surface area contributed by atoms with Crippen molar-refractivity contribution in [3.63, 3.8) is 0 Å². The fourth-order valence-corrected chi connectivity index (χ4v) is 6.32. The van der Waals surface area contributed by atoms with E-state index in [1.165, 1.54) is 18.9 Å². The minimum absolute atomic E-state index is 0.122. The van der Waals surface area contributed by atoms with Crippen LogP contribution in [0.25, 0.3) is 10.8 Å². The molecule has 1 unspecified atom stereocenters. The third kappa shape index (κ3) is 5.29. The third-order valence-corrected chi connectivity index (χ3v) is 8.56. The molecule has 0 aliphatic carbocycles. The normalized spacial score (nSPS) is 15.4. The van der Waals surface area contributed by atoms with Gasteiger partial charge in [0, 0.05) is 15.2 Å². The van der Waals surface area contributed by atoms with E-state index in [-0.39, 0.29) is 17.8 Å². The van der Waals surface area contributed by atoms with Crippen molar-refractivity contribution in [3.8, 4) is 5.75 Å². The van der Waals surface area contributed by atoms with Gasteiger partial charge in [0.1, 0.15) is 11.8 Å². The average Bonchev–Trinajstić information content (AvgIpc) is 2.80. The number of halogens is 1. The van der Waals surface area contributed by atoms with Crippen LogP contribution in [0.1, 0.15) is 0 Å². The number of ether oxygens (including phenoxy) is 3. The van der Waals surface area contributed by atoms with Gasteiger partial charge in [-0.3, -0.25) is 9.52 Å². The summed E-state index contributed by atoms with van der Waals surface area (Å²) in [6, 6.07) is 16.6. The van der Waals surface area contributed by atoms with Gasteiger partial charge in [-0.25, -0.2) is 8.57 Å². The topological polar surface area (TPSA) is 86.2 Å². The first-order valence-corrected chi connectivity index (χ1v) is 13.4. The van der Waals surface area contributed by atoms with E-state index in [1.807, 2.05) is 42.5 Å². The number of nitrogens with zero attached hydrogens (tertiary/aromatic N) is 1. The van der Waals surface area contributed by atoms with E-state index in [4.69, 9.17) is 14.2 Å². The number of esters is 1. The molecule has 1 fully saturated rings. The Labute approximate surface area is 205 Å². The zero-order valence-corrected chi connectivity index (χ0v) is 21.3. The Morgan fingerprint density at radius 1 is 1.18 bits per heavy atom. The summed E-state index contributed by atoms with van der Waals surface area (Å²) in [5.41, 5.74) is 0.635. The standard InChI is InChI=1S/C23H23BrN2O5S2/c1-29-22(27)14-32-21-11-20(18-5-3-4-6-19(18)23(21)30-2)26-33(28,25-16-12-31-13-16)17-9-7-15(24)8-10-17/h3-11,16H,12-14H2,1-2H3,(H,25,26,28). The van der Waals surface area contributed by atoms with Crippen LogP contribution in [0.5, 0.6) is 5.75 Å². The zero-order valence-electron chi connectivity index (χ0n) is 18.1. The van der Waals surface area contributed by atoms with Gasteiger partial charge in [0.2, 0.25) is 0 Å². The summed E-state index contributed by atoms with van der Waals surface area (Å²) in [4.78, 5) is 13.1. The number of fused-ring (bicyclic) bond motifs is 1. The van der Waals surface area contributed by atoms with Crippen LogP contribution >= 0.6 is 27.7 Å². The minimum Gasteiger partial charge on any atom is -0.495 e. The fraction of sp³-hybridized carbons (Fsp3) is 0.261. The molecule has 3 aromatic rings. The highest BCUT2D eigenvalue weighted by molar-refractivity contribution is 9.10. The number of anilines is 1. The van der Waals surface area contributed by atoms with Gasteiger partial charge in [-0.2, -0.15) is 0 Å². The Morgan fingerprint density at radius 3 is 2.48 bits per heavy atom. The second-order valence-corrected chi connectivity index (χ2v) is 11.1. The van der Waals surface area contributed by atoms with Gasteiger partial charge in [0.05, 0.1) is 48.7 Å². The molecule has 0 spiro atoms. The molecule has 174 valence electrons. The molecule has 7 nitrogen and oxygen atoms in total. The van der Waals surface area contributed by atoms with Crippen molar-refractivity contribution in [3.05, 3.63) is 59.1 Å². The maximum atomic E-state index is 14.2. The van der Waals surface area contributed by atoms with Crippen LogP contribution in [0.4, 0.5) is 5.69 Å². The summed E-state index contributed by atoms with van der Waals surface area (Å²) in [5.74, 6) is 0.421. The maximum Gasteiger partial charge on any atom is 0.315 e. The van der Waals surface area contributed by atoms with Crippen molar-refractivity contribution in [2.45, 2.75) is 15.8 Å². The number of nitrogens with one attached hydrogen (secondary N) is 1. The lowest BCUT2D eigenvalue weighted by Gasteiger charge is -2.25. The molecule has 3 aromatic carbocycles. The van der Waals surface area contributed by atoms with Crippen LogP contribution < -0.4 is 9.46 Å². The van der Waals surface area contributed by atoms with Gasteiger partial charge in [-0.15, -0.1) is 11.8 Å². The van der Waals surface area contributed by atoms with Crippen LogP contribution in [0.3, 0.4) is 0 Å². The maximum absolute atomic E-state index is 14.2. The van der Waals surface area contributed by atoms with Gasteiger partial charge in [-0.05, 0) is 30.3 Å². The molecule has 0 bridgehead atoms. The van der Waals surface area contributed by atoms with E-state index < -0.39 is 9.92 Å². The predicted octanol–water partition coefficient (Wildman–Crippen LogP) is 5.13. The highest BCUT2D eigenvalue weighted by Gasteiger charge is 2.24. The van der Waals surface area contributed by atoms with Crippen LogP contribution in [0.2, 0.25) is 0 Å². The van der Waals surface area contributed by atoms with Crippen molar-refractivity contribution in [2.24, 2.45) is 4.36 Å². The SMILES string of the molecule is COC(=O)CSc1cc(NS(=O)(=NC2COC2)c2ccc(Br)cc2)c2ccccc2c1OC. The molecule has 1 heterocycles. The van der Waals surface area contributed by atoms with Crippen molar-refractivity contribution < 1.29 is 23.2 Å². The lowest BCUT2D eigenvalue weighted by Crippen LogP contribution is -2.33. The smallest absolute Gasteiger partial charge is 0.315 e. The monoisotopic (exact) mass is 550 g/mol. The molecule has 0 amide bonds. The number of hydrogen-bond acceptors (Lipinski definition) is 7. The Bertz CT molecular complexity index is 1290.